The third-order valence-electron chi connectivity index (χ3n) is 4.31. The molecule has 1 aromatic heterocycles. The first kappa shape index (κ1) is 15.6. The summed E-state index contributed by atoms with van der Waals surface area (Å²) >= 11 is 3.40. The molecule has 5 heteroatoms. The van der Waals surface area contributed by atoms with Crippen molar-refractivity contribution in [1.82, 2.24) is 9.88 Å². The number of amides is 1. The molecular weight excluding hydrogens is 320 g/mol. The van der Waals surface area contributed by atoms with Crippen LogP contribution in [0.25, 0.3) is 0 Å². The molecule has 1 aromatic rings. The van der Waals surface area contributed by atoms with E-state index in [-0.39, 0.29) is 17.9 Å². The molecule has 4 nitrogen and oxygen atoms in total. The van der Waals surface area contributed by atoms with E-state index >= 15 is 0 Å². The van der Waals surface area contributed by atoms with Crippen LogP contribution >= 0.6 is 15.9 Å². The number of aliphatic hydroxyl groups is 1. The van der Waals surface area contributed by atoms with E-state index in [4.69, 9.17) is 0 Å². The highest BCUT2D eigenvalue weighted by atomic mass is 79.9. The Kier molecular flexibility index (Phi) is 5.27. The summed E-state index contributed by atoms with van der Waals surface area (Å²) in [6.45, 7) is 3.50. The molecular formula is C15H23BrN2O2. The minimum atomic E-state index is -0.116. The first-order valence-electron chi connectivity index (χ1n) is 7.35. The van der Waals surface area contributed by atoms with Gasteiger partial charge in [-0.3, -0.25) is 4.79 Å². The third-order valence-corrected chi connectivity index (χ3v) is 4.74. The van der Waals surface area contributed by atoms with Crippen LogP contribution in [-0.4, -0.2) is 28.7 Å². The summed E-state index contributed by atoms with van der Waals surface area (Å²) in [5, 5.41) is 12.7. The van der Waals surface area contributed by atoms with Gasteiger partial charge in [0.1, 0.15) is 5.69 Å². The number of nitrogens with one attached hydrogen (secondary N) is 1. The van der Waals surface area contributed by atoms with E-state index in [1.165, 1.54) is 6.42 Å². The zero-order valence-electron chi connectivity index (χ0n) is 12.0. The van der Waals surface area contributed by atoms with Crippen LogP contribution in [0.15, 0.2) is 16.7 Å². The Morgan fingerprint density at radius 1 is 1.45 bits per heavy atom. The molecule has 2 N–H and O–H groups in total. The lowest BCUT2D eigenvalue weighted by Crippen LogP contribution is -2.41. The number of rotatable bonds is 5. The Labute approximate surface area is 128 Å². The van der Waals surface area contributed by atoms with E-state index in [9.17, 15) is 9.90 Å². The molecule has 0 aliphatic heterocycles. The van der Waals surface area contributed by atoms with Crippen LogP contribution in [0.2, 0.25) is 0 Å². The Morgan fingerprint density at radius 2 is 2.15 bits per heavy atom. The van der Waals surface area contributed by atoms with Crippen molar-refractivity contribution in [3.05, 3.63) is 22.4 Å². The molecule has 1 aliphatic carbocycles. The quantitative estimate of drug-likeness (QED) is 0.864. The molecule has 0 spiro atoms. The lowest BCUT2D eigenvalue weighted by molar-refractivity contribution is 0.0713. The summed E-state index contributed by atoms with van der Waals surface area (Å²) in [5.74, 6) is -0.0593. The average molecular weight is 343 g/mol. The van der Waals surface area contributed by atoms with E-state index in [0.717, 1.165) is 36.7 Å². The number of hydrogen-bond donors (Lipinski definition) is 2. The van der Waals surface area contributed by atoms with Crippen molar-refractivity contribution in [2.45, 2.75) is 45.6 Å². The maximum Gasteiger partial charge on any atom is 0.267 e. The molecule has 0 bridgehead atoms. The van der Waals surface area contributed by atoms with Gasteiger partial charge in [-0.1, -0.05) is 19.3 Å². The van der Waals surface area contributed by atoms with E-state index in [1.54, 1.807) is 0 Å². The Balaban J connectivity index is 2.00. The zero-order valence-corrected chi connectivity index (χ0v) is 13.6. The molecule has 20 heavy (non-hydrogen) atoms. The van der Waals surface area contributed by atoms with E-state index in [0.29, 0.717) is 12.2 Å². The van der Waals surface area contributed by atoms with Gasteiger partial charge in [0.05, 0.1) is 6.61 Å². The predicted molar refractivity (Wildman–Crippen MR) is 82.7 cm³/mol. The second kappa shape index (κ2) is 6.76. The molecule has 2 rings (SSSR count). The highest BCUT2D eigenvalue weighted by Gasteiger charge is 2.32. The van der Waals surface area contributed by atoms with Crippen LogP contribution in [0.4, 0.5) is 0 Å². The van der Waals surface area contributed by atoms with Gasteiger partial charge < -0.3 is 15.0 Å². The Bertz CT molecular complexity index is 464. The van der Waals surface area contributed by atoms with Crippen molar-refractivity contribution in [2.24, 2.45) is 5.41 Å². The van der Waals surface area contributed by atoms with Gasteiger partial charge in [0, 0.05) is 29.2 Å². The van der Waals surface area contributed by atoms with Gasteiger partial charge in [0.2, 0.25) is 0 Å². The van der Waals surface area contributed by atoms with Crippen molar-refractivity contribution in [2.75, 3.05) is 13.2 Å². The zero-order chi connectivity index (χ0) is 14.6. The van der Waals surface area contributed by atoms with Crippen molar-refractivity contribution in [3.63, 3.8) is 0 Å². The monoisotopic (exact) mass is 342 g/mol. The molecule has 0 saturated heterocycles. The molecule has 112 valence electrons. The highest BCUT2D eigenvalue weighted by molar-refractivity contribution is 9.10. The van der Waals surface area contributed by atoms with Gasteiger partial charge in [-0.25, -0.2) is 0 Å². The topological polar surface area (TPSA) is 54.3 Å². The summed E-state index contributed by atoms with van der Waals surface area (Å²) < 4.78 is 2.84. The molecule has 1 saturated carbocycles. The Morgan fingerprint density at radius 3 is 2.75 bits per heavy atom. The van der Waals surface area contributed by atoms with Crippen LogP contribution in [0.3, 0.4) is 0 Å². The maximum atomic E-state index is 12.3. The van der Waals surface area contributed by atoms with E-state index in [1.807, 2.05) is 23.8 Å². The minimum absolute atomic E-state index is 0.0593. The first-order chi connectivity index (χ1) is 9.60. The van der Waals surface area contributed by atoms with Crippen LogP contribution in [0.1, 0.15) is 49.5 Å². The second-order valence-electron chi connectivity index (χ2n) is 5.73. The summed E-state index contributed by atoms with van der Waals surface area (Å²) in [5.41, 5.74) is 0.553. The number of aryl methyl sites for hydroxylation is 1. The molecule has 0 atom stereocenters. The maximum absolute atomic E-state index is 12.3. The normalized spacial score (nSPS) is 17.9. The fourth-order valence-corrected chi connectivity index (χ4v) is 3.44. The van der Waals surface area contributed by atoms with Crippen molar-refractivity contribution < 1.29 is 9.90 Å². The van der Waals surface area contributed by atoms with E-state index < -0.39 is 0 Å². The SMILES string of the molecule is CCn1cc(Br)cc1C(=O)NCC1(CO)CCCCC1. The number of halogens is 1. The smallest absolute Gasteiger partial charge is 0.267 e. The van der Waals surface area contributed by atoms with Crippen molar-refractivity contribution in [3.8, 4) is 0 Å². The molecule has 0 unspecified atom stereocenters. The number of carbonyl (C=O) groups is 1. The van der Waals surface area contributed by atoms with Gasteiger partial charge >= 0.3 is 0 Å². The van der Waals surface area contributed by atoms with Gasteiger partial charge in [-0.2, -0.15) is 0 Å². The largest absolute Gasteiger partial charge is 0.396 e. The van der Waals surface area contributed by atoms with Gasteiger partial charge in [0.25, 0.3) is 5.91 Å². The summed E-state index contributed by atoms with van der Waals surface area (Å²) in [4.78, 5) is 12.3. The highest BCUT2D eigenvalue weighted by Crippen LogP contribution is 2.35. The van der Waals surface area contributed by atoms with E-state index in [2.05, 4.69) is 21.2 Å². The number of aliphatic hydroxyl groups excluding tert-OH is 1. The molecule has 0 radical (unpaired) electrons. The van der Waals surface area contributed by atoms with Crippen LogP contribution in [0.5, 0.6) is 0 Å². The minimum Gasteiger partial charge on any atom is -0.396 e. The fourth-order valence-electron chi connectivity index (χ4n) is 2.98. The molecule has 1 aliphatic rings. The fraction of sp³-hybridized carbons (Fsp3) is 0.667. The van der Waals surface area contributed by atoms with Crippen LogP contribution in [0, 0.1) is 5.41 Å². The van der Waals surface area contributed by atoms with Crippen LogP contribution < -0.4 is 5.32 Å². The number of nitrogens with zero attached hydrogens (tertiary/aromatic N) is 1. The standard InChI is InChI=1S/C15H23BrN2O2/c1-2-18-9-12(16)8-13(18)14(20)17-10-15(11-19)6-4-3-5-7-15/h8-9,19H,2-7,10-11H2,1H3,(H,17,20). The molecule has 1 fully saturated rings. The molecule has 1 heterocycles. The van der Waals surface area contributed by atoms with Gasteiger partial charge in [-0.05, 0) is 41.8 Å². The summed E-state index contributed by atoms with van der Waals surface area (Å²) in [6.07, 6.45) is 7.45. The Hall–Kier alpha value is -0.810. The van der Waals surface area contributed by atoms with Gasteiger partial charge in [-0.15, -0.1) is 0 Å². The van der Waals surface area contributed by atoms with Crippen molar-refractivity contribution >= 4 is 21.8 Å². The lowest BCUT2D eigenvalue weighted by Gasteiger charge is -2.35. The molecule has 0 aromatic carbocycles. The lowest BCUT2D eigenvalue weighted by atomic mass is 9.74. The second-order valence-corrected chi connectivity index (χ2v) is 6.65. The average Bonchev–Trinajstić information content (AvgIpc) is 2.87. The number of aromatic nitrogens is 1. The predicted octanol–water partition coefficient (Wildman–Crippen LogP) is 2.94. The number of carbonyl (C=O) groups excluding carboxylic acids is 1. The third kappa shape index (κ3) is 3.44. The summed E-state index contributed by atoms with van der Waals surface area (Å²) in [7, 11) is 0. The number of hydrogen-bond acceptors (Lipinski definition) is 2. The van der Waals surface area contributed by atoms with Crippen molar-refractivity contribution in [1.29, 1.82) is 0 Å². The molecule has 1 amide bonds. The van der Waals surface area contributed by atoms with Gasteiger partial charge in [0.15, 0.2) is 0 Å². The van der Waals surface area contributed by atoms with Crippen LogP contribution in [-0.2, 0) is 6.54 Å². The first-order valence-corrected chi connectivity index (χ1v) is 8.14. The summed E-state index contributed by atoms with van der Waals surface area (Å²) in [6, 6.07) is 1.84.